The topological polar surface area (TPSA) is 72.1 Å². The molecule has 5 nitrogen and oxygen atoms in total. The molecule has 1 atom stereocenters. The molecule has 1 aromatic heterocycles. The van der Waals surface area contributed by atoms with Gasteiger partial charge in [0.25, 0.3) is 0 Å². The predicted octanol–water partition coefficient (Wildman–Crippen LogP) is 0.535. The molecule has 1 aliphatic rings. The quantitative estimate of drug-likeness (QED) is 0.808. The highest BCUT2D eigenvalue weighted by Gasteiger charge is 2.30. The smallest absolute Gasteiger partial charge is 0.240 e. The number of nitrogens with zero attached hydrogens (tertiary/aromatic N) is 3. The van der Waals surface area contributed by atoms with Gasteiger partial charge in [-0.05, 0) is 35.4 Å². The van der Waals surface area contributed by atoms with E-state index in [1.54, 1.807) is 6.20 Å². The number of carbonyl (C=O) groups excluding carboxylic acids is 1. The number of nitrogens with two attached hydrogens (primary N) is 1. The highest BCUT2D eigenvalue weighted by molar-refractivity contribution is 14.1. The van der Waals surface area contributed by atoms with Gasteiger partial charge in [-0.15, -0.1) is 0 Å². The van der Waals surface area contributed by atoms with Crippen LogP contribution in [0.1, 0.15) is 12.8 Å². The van der Waals surface area contributed by atoms with E-state index in [-0.39, 0.29) is 11.9 Å². The number of primary amides is 1. The molecular weight excluding hydrogens is 307 g/mol. The van der Waals surface area contributed by atoms with Crippen molar-refractivity contribution in [3.05, 3.63) is 16.1 Å². The number of aromatic nitrogens is 2. The third-order valence-electron chi connectivity index (χ3n) is 2.50. The van der Waals surface area contributed by atoms with Gasteiger partial charge < -0.3 is 10.6 Å². The number of amides is 1. The lowest BCUT2D eigenvalue weighted by Crippen LogP contribution is -2.41. The van der Waals surface area contributed by atoms with Crippen LogP contribution < -0.4 is 10.6 Å². The molecule has 1 aromatic rings. The van der Waals surface area contributed by atoms with Crippen LogP contribution in [0.3, 0.4) is 0 Å². The lowest BCUT2D eigenvalue weighted by atomic mass is 10.2. The Bertz CT molecular complexity index is 384. The molecule has 6 heteroatoms. The van der Waals surface area contributed by atoms with Crippen molar-refractivity contribution in [3.63, 3.8) is 0 Å². The van der Waals surface area contributed by atoms with E-state index >= 15 is 0 Å². The summed E-state index contributed by atoms with van der Waals surface area (Å²) >= 11 is 2.16. The van der Waals surface area contributed by atoms with Gasteiger partial charge in [-0.3, -0.25) is 4.79 Å². The molecule has 1 fully saturated rings. The Morgan fingerprint density at radius 1 is 1.67 bits per heavy atom. The van der Waals surface area contributed by atoms with Crippen molar-refractivity contribution in [2.45, 2.75) is 18.9 Å². The number of halogens is 1. The molecule has 15 heavy (non-hydrogen) atoms. The maximum Gasteiger partial charge on any atom is 0.240 e. The molecular formula is C9H11IN4O. The number of carbonyl (C=O) groups is 1. The van der Waals surface area contributed by atoms with Gasteiger partial charge in [-0.2, -0.15) is 0 Å². The first kappa shape index (κ1) is 10.6. The Labute approximate surface area is 101 Å². The summed E-state index contributed by atoms with van der Waals surface area (Å²) in [5.74, 6) is 0.536. The van der Waals surface area contributed by atoms with E-state index in [1.807, 2.05) is 4.90 Å². The Balaban J connectivity index is 2.30. The summed E-state index contributed by atoms with van der Waals surface area (Å²) in [7, 11) is 0. The second kappa shape index (κ2) is 4.30. The molecule has 2 N–H and O–H groups in total. The number of rotatable bonds is 2. The molecule has 2 rings (SSSR count). The fraction of sp³-hybridized carbons (Fsp3) is 0.444. The van der Waals surface area contributed by atoms with Crippen molar-refractivity contribution in [2.24, 2.45) is 5.73 Å². The zero-order valence-corrected chi connectivity index (χ0v) is 10.2. The molecule has 0 radical (unpaired) electrons. The fourth-order valence-electron chi connectivity index (χ4n) is 1.83. The normalized spacial score (nSPS) is 20.6. The lowest BCUT2D eigenvalue weighted by molar-refractivity contribution is -0.119. The van der Waals surface area contributed by atoms with Gasteiger partial charge in [0.15, 0.2) is 0 Å². The van der Waals surface area contributed by atoms with Crippen molar-refractivity contribution < 1.29 is 4.79 Å². The van der Waals surface area contributed by atoms with Crippen LogP contribution >= 0.6 is 22.6 Å². The summed E-state index contributed by atoms with van der Waals surface area (Å²) in [5.41, 5.74) is 5.35. The summed E-state index contributed by atoms with van der Waals surface area (Å²) in [6, 6.07) is -0.214. The van der Waals surface area contributed by atoms with Crippen LogP contribution in [0.15, 0.2) is 12.5 Å². The highest BCUT2D eigenvalue weighted by atomic mass is 127. The lowest BCUT2D eigenvalue weighted by Gasteiger charge is -2.23. The molecule has 0 saturated carbocycles. The number of anilines is 1. The standard InChI is InChI=1S/C9H11IN4O/c10-6-4-12-5-13-9(6)14-3-1-2-7(14)8(11)15/h4-5,7H,1-3H2,(H2,11,15). The van der Waals surface area contributed by atoms with Gasteiger partial charge >= 0.3 is 0 Å². The predicted molar refractivity (Wildman–Crippen MR) is 64.3 cm³/mol. The van der Waals surface area contributed by atoms with Crippen LogP contribution in [0.25, 0.3) is 0 Å². The molecule has 1 amide bonds. The van der Waals surface area contributed by atoms with E-state index in [0.717, 1.165) is 28.8 Å². The first-order valence-corrected chi connectivity index (χ1v) is 5.79. The van der Waals surface area contributed by atoms with E-state index < -0.39 is 0 Å². The van der Waals surface area contributed by atoms with Gasteiger partial charge in [0.1, 0.15) is 18.2 Å². The van der Waals surface area contributed by atoms with E-state index in [0.29, 0.717) is 0 Å². The number of hydrogen-bond acceptors (Lipinski definition) is 4. The van der Waals surface area contributed by atoms with Crippen LogP contribution in [0.2, 0.25) is 0 Å². The van der Waals surface area contributed by atoms with E-state index in [9.17, 15) is 4.79 Å². The fourth-order valence-corrected chi connectivity index (χ4v) is 2.44. The molecule has 1 saturated heterocycles. The van der Waals surface area contributed by atoms with Crippen molar-refractivity contribution in [1.82, 2.24) is 9.97 Å². The largest absolute Gasteiger partial charge is 0.368 e. The van der Waals surface area contributed by atoms with Crippen LogP contribution in [0.5, 0.6) is 0 Å². The summed E-state index contributed by atoms with van der Waals surface area (Å²) < 4.78 is 0.947. The first-order valence-electron chi connectivity index (χ1n) is 4.71. The van der Waals surface area contributed by atoms with E-state index in [4.69, 9.17) is 5.73 Å². The van der Waals surface area contributed by atoms with Gasteiger partial charge in [-0.1, -0.05) is 0 Å². The molecule has 0 spiro atoms. The van der Waals surface area contributed by atoms with Crippen LogP contribution in [-0.4, -0.2) is 28.5 Å². The molecule has 0 aromatic carbocycles. The minimum absolute atomic E-state index is 0.214. The van der Waals surface area contributed by atoms with Crippen molar-refractivity contribution in [1.29, 1.82) is 0 Å². The second-order valence-electron chi connectivity index (χ2n) is 3.45. The van der Waals surface area contributed by atoms with E-state index in [1.165, 1.54) is 6.33 Å². The second-order valence-corrected chi connectivity index (χ2v) is 4.61. The van der Waals surface area contributed by atoms with Crippen molar-refractivity contribution in [2.75, 3.05) is 11.4 Å². The molecule has 1 aliphatic heterocycles. The molecule has 2 heterocycles. The Hall–Kier alpha value is -0.920. The van der Waals surface area contributed by atoms with Gasteiger partial charge in [0.2, 0.25) is 5.91 Å². The molecule has 0 aliphatic carbocycles. The monoisotopic (exact) mass is 318 g/mol. The van der Waals surface area contributed by atoms with Crippen LogP contribution in [-0.2, 0) is 4.79 Å². The zero-order valence-electron chi connectivity index (χ0n) is 8.06. The van der Waals surface area contributed by atoms with Gasteiger partial charge in [0, 0.05) is 12.7 Å². The summed E-state index contributed by atoms with van der Waals surface area (Å²) in [6.07, 6.45) is 5.02. The Morgan fingerprint density at radius 2 is 2.47 bits per heavy atom. The molecule has 1 unspecified atom stereocenters. The van der Waals surface area contributed by atoms with E-state index in [2.05, 4.69) is 32.6 Å². The average Bonchev–Trinajstić information content (AvgIpc) is 2.67. The minimum atomic E-state index is -0.276. The third-order valence-corrected chi connectivity index (χ3v) is 3.26. The van der Waals surface area contributed by atoms with Gasteiger partial charge in [0.05, 0.1) is 3.57 Å². The third kappa shape index (κ3) is 2.04. The van der Waals surface area contributed by atoms with Crippen molar-refractivity contribution in [3.8, 4) is 0 Å². The Morgan fingerprint density at radius 3 is 3.13 bits per heavy atom. The summed E-state index contributed by atoms with van der Waals surface area (Å²) in [5, 5.41) is 0. The number of hydrogen-bond donors (Lipinski definition) is 1. The van der Waals surface area contributed by atoms with Crippen LogP contribution in [0, 0.1) is 3.57 Å². The molecule has 0 bridgehead atoms. The summed E-state index contributed by atoms with van der Waals surface area (Å²) in [6.45, 7) is 0.834. The summed E-state index contributed by atoms with van der Waals surface area (Å²) in [4.78, 5) is 21.3. The zero-order chi connectivity index (χ0) is 10.8. The molecule has 80 valence electrons. The maximum absolute atomic E-state index is 11.2. The first-order chi connectivity index (χ1) is 7.20. The Kier molecular flexibility index (Phi) is 3.03. The van der Waals surface area contributed by atoms with Crippen LogP contribution in [0.4, 0.5) is 5.82 Å². The average molecular weight is 318 g/mol. The van der Waals surface area contributed by atoms with Crippen molar-refractivity contribution >= 4 is 34.3 Å². The maximum atomic E-state index is 11.2. The minimum Gasteiger partial charge on any atom is -0.368 e. The highest BCUT2D eigenvalue weighted by Crippen LogP contribution is 2.26. The van der Waals surface area contributed by atoms with Gasteiger partial charge in [-0.25, -0.2) is 9.97 Å². The SMILES string of the molecule is NC(=O)C1CCCN1c1ncncc1I.